The number of ether oxygens (including phenoxy) is 2. The van der Waals surface area contributed by atoms with Gasteiger partial charge in [-0.2, -0.15) is 10.5 Å². The topological polar surface area (TPSA) is 144 Å². The van der Waals surface area contributed by atoms with Crippen molar-refractivity contribution in [3.05, 3.63) is 35.4 Å². The van der Waals surface area contributed by atoms with Crippen LogP contribution in [-0.4, -0.2) is 78.5 Å². The molecule has 0 fully saturated rings. The molecule has 0 aromatic heterocycles. The van der Waals surface area contributed by atoms with Crippen molar-refractivity contribution in [2.45, 2.75) is 138 Å². The third-order valence-corrected chi connectivity index (χ3v) is 11.5. The molecular formula is C36H60N4O8P2. The van der Waals surface area contributed by atoms with Gasteiger partial charge in [0.05, 0.1) is 70.2 Å². The molecule has 0 saturated heterocycles. The molecule has 0 aliphatic carbocycles. The van der Waals surface area contributed by atoms with Gasteiger partial charge in [-0.25, -0.2) is 14.1 Å². The summed E-state index contributed by atoms with van der Waals surface area (Å²) in [6.07, 6.45) is 5.04. The molecule has 1 rings (SSSR count). The SMILES string of the molecule is CCOC(=O)CCCCCOP(OCCC#N)N(C(C)C)C(C)CCC(C)N(C(C)C)P(OCCC#N)OCc1ccc(C(=O)OCC)cc1. The van der Waals surface area contributed by atoms with Crippen LogP contribution in [0.2, 0.25) is 0 Å². The lowest BCUT2D eigenvalue weighted by Crippen LogP contribution is -2.39. The van der Waals surface area contributed by atoms with Crippen molar-refractivity contribution in [2.75, 3.05) is 33.0 Å². The maximum Gasteiger partial charge on any atom is 0.338 e. The smallest absolute Gasteiger partial charge is 0.338 e. The summed E-state index contributed by atoms with van der Waals surface area (Å²) in [7, 11) is -2.90. The van der Waals surface area contributed by atoms with Gasteiger partial charge in [0, 0.05) is 30.6 Å². The number of rotatable bonds is 28. The Bertz CT molecular complexity index is 1160. The van der Waals surface area contributed by atoms with Crippen LogP contribution < -0.4 is 0 Å². The zero-order chi connectivity index (χ0) is 37.3. The molecule has 0 spiro atoms. The maximum atomic E-state index is 12.1. The Balaban J connectivity index is 2.96. The molecule has 50 heavy (non-hydrogen) atoms. The highest BCUT2D eigenvalue weighted by Crippen LogP contribution is 2.49. The predicted octanol–water partition coefficient (Wildman–Crippen LogP) is 8.81. The third kappa shape index (κ3) is 18.3. The Morgan fingerprint density at radius 1 is 0.700 bits per heavy atom. The average Bonchev–Trinajstić information content (AvgIpc) is 3.07. The molecule has 0 saturated carbocycles. The highest BCUT2D eigenvalue weighted by molar-refractivity contribution is 7.44. The monoisotopic (exact) mass is 738 g/mol. The molecule has 0 heterocycles. The van der Waals surface area contributed by atoms with Crippen molar-refractivity contribution >= 4 is 29.0 Å². The van der Waals surface area contributed by atoms with Crippen LogP contribution in [0.1, 0.15) is 123 Å². The molecule has 0 N–H and O–H groups in total. The zero-order valence-electron chi connectivity index (χ0n) is 31.5. The van der Waals surface area contributed by atoms with E-state index in [1.807, 2.05) is 12.1 Å². The van der Waals surface area contributed by atoms with Crippen LogP contribution in [0.4, 0.5) is 0 Å². The average molecular weight is 739 g/mol. The summed E-state index contributed by atoms with van der Waals surface area (Å²) >= 11 is 0. The van der Waals surface area contributed by atoms with E-state index in [9.17, 15) is 9.59 Å². The molecule has 0 bridgehead atoms. The van der Waals surface area contributed by atoms with Gasteiger partial charge in [-0.15, -0.1) is 0 Å². The van der Waals surface area contributed by atoms with Crippen molar-refractivity contribution in [3.63, 3.8) is 0 Å². The Morgan fingerprint density at radius 2 is 1.20 bits per heavy atom. The van der Waals surface area contributed by atoms with Crippen molar-refractivity contribution in [1.29, 1.82) is 10.5 Å². The van der Waals surface area contributed by atoms with Crippen LogP contribution >= 0.6 is 17.1 Å². The number of nitriles is 2. The van der Waals surface area contributed by atoms with Gasteiger partial charge in [0.2, 0.25) is 0 Å². The molecule has 0 aliphatic rings. The van der Waals surface area contributed by atoms with Crippen LogP contribution in [0.3, 0.4) is 0 Å². The summed E-state index contributed by atoms with van der Waals surface area (Å²) in [5.74, 6) is -0.529. The lowest BCUT2D eigenvalue weighted by Gasteiger charge is -2.40. The summed E-state index contributed by atoms with van der Waals surface area (Å²) < 4.78 is 39.7. The summed E-state index contributed by atoms with van der Waals surface area (Å²) in [6, 6.07) is 11.9. The van der Waals surface area contributed by atoms with Gasteiger partial charge in [0.25, 0.3) is 17.1 Å². The van der Waals surface area contributed by atoms with Gasteiger partial charge in [-0.1, -0.05) is 18.6 Å². The van der Waals surface area contributed by atoms with Gasteiger partial charge in [0.1, 0.15) is 0 Å². The number of benzene rings is 1. The fourth-order valence-electron chi connectivity index (χ4n) is 5.15. The normalized spacial score (nSPS) is 14.0. The minimum atomic E-state index is -1.49. The van der Waals surface area contributed by atoms with Crippen LogP contribution in [0.15, 0.2) is 24.3 Å². The molecule has 0 aliphatic heterocycles. The number of carbonyl (C=O) groups is 2. The summed E-state index contributed by atoms with van der Waals surface area (Å²) in [5.41, 5.74) is 1.39. The quantitative estimate of drug-likeness (QED) is 0.0460. The van der Waals surface area contributed by atoms with E-state index in [-0.39, 0.29) is 55.6 Å². The standard InChI is InChI=1S/C36H60N4O8P2/c1-9-43-35(41)16-12-11-13-25-45-49(46-26-14-23-37)39(29(3)4)31(7)17-18-32(8)40(30(5)6)50(47-27-15-24-38)48-28-33-19-21-34(22-20-33)36(42)44-10-2/h19-22,29-32H,9-18,25-28H2,1-8H3. The molecule has 1 aromatic carbocycles. The van der Waals surface area contributed by atoms with E-state index in [4.69, 9.17) is 38.1 Å². The number of hydrogen-bond acceptors (Lipinski definition) is 12. The zero-order valence-corrected chi connectivity index (χ0v) is 33.3. The van der Waals surface area contributed by atoms with Crippen molar-refractivity contribution in [2.24, 2.45) is 0 Å². The lowest BCUT2D eigenvalue weighted by atomic mass is 10.1. The van der Waals surface area contributed by atoms with Crippen molar-refractivity contribution in [3.8, 4) is 12.1 Å². The Labute approximate surface area is 303 Å². The Morgan fingerprint density at radius 3 is 1.68 bits per heavy atom. The molecule has 0 radical (unpaired) electrons. The molecule has 0 amide bonds. The summed E-state index contributed by atoms with van der Waals surface area (Å²) in [5, 5.41) is 18.3. The minimum Gasteiger partial charge on any atom is -0.466 e. The van der Waals surface area contributed by atoms with Crippen LogP contribution in [-0.2, 0) is 39.0 Å². The molecule has 14 heteroatoms. The first-order valence-electron chi connectivity index (χ1n) is 17.8. The molecule has 1 aromatic rings. The Kier molecular flexibility index (Phi) is 25.1. The first kappa shape index (κ1) is 45.8. The van der Waals surface area contributed by atoms with Crippen molar-refractivity contribution in [1.82, 2.24) is 9.34 Å². The fraction of sp³-hybridized carbons (Fsp3) is 0.722. The highest BCUT2D eigenvalue weighted by Gasteiger charge is 2.33. The number of esters is 2. The molecule has 282 valence electrons. The maximum absolute atomic E-state index is 12.1. The fourth-order valence-corrected chi connectivity index (χ4v) is 8.50. The predicted molar refractivity (Wildman–Crippen MR) is 197 cm³/mol. The van der Waals surface area contributed by atoms with E-state index in [1.54, 1.807) is 26.0 Å². The highest BCUT2D eigenvalue weighted by atomic mass is 31.2. The van der Waals surface area contributed by atoms with E-state index in [0.717, 1.165) is 37.7 Å². The number of carbonyl (C=O) groups excluding carboxylic acids is 2. The van der Waals surface area contributed by atoms with Gasteiger partial charge < -0.3 is 27.6 Å². The molecule has 12 nitrogen and oxygen atoms in total. The van der Waals surface area contributed by atoms with Gasteiger partial charge in [-0.05, 0) is 98.8 Å². The van der Waals surface area contributed by atoms with E-state index in [2.05, 4.69) is 63.0 Å². The number of unbranched alkanes of at least 4 members (excludes halogenated alkanes) is 2. The third-order valence-electron chi connectivity index (χ3n) is 7.51. The second-order valence-electron chi connectivity index (χ2n) is 12.3. The van der Waals surface area contributed by atoms with Crippen LogP contribution in [0.5, 0.6) is 0 Å². The van der Waals surface area contributed by atoms with E-state index >= 15 is 0 Å². The van der Waals surface area contributed by atoms with Gasteiger partial charge in [-0.3, -0.25) is 4.79 Å². The second-order valence-corrected chi connectivity index (χ2v) is 15.2. The van der Waals surface area contributed by atoms with Crippen LogP contribution in [0.25, 0.3) is 0 Å². The van der Waals surface area contributed by atoms with E-state index in [1.165, 1.54) is 0 Å². The Hall–Kier alpha value is -2.24. The molecular weight excluding hydrogens is 678 g/mol. The van der Waals surface area contributed by atoms with Crippen molar-refractivity contribution < 1.29 is 37.2 Å². The van der Waals surface area contributed by atoms with E-state index in [0.29, 0.717) is 45.0 Å². The minimum absolute atomic E-state index is 0.0944. The molecule has 4 unspecified atom stereocenters. The second kappa shape index (κ2) is 27.4. The van der Waals surface area contributed by atoms with E-state index < -0.39 is 17.1 Å². The number of nitrogens with zero attached hydrogens (tertiary/aromatic N) is 4. The lowest BCUT2D eigenvalue weighted by molar-refractivity contribution is -0.143. The first-order chi connectivity index (χ1) is 24.0. The van der Waals surface area contributed by atoms with Gasteiger partial charge in [0.15, 0.2) is 0 Å². The first-order valence-corrected chi connectivity index (χ1v) is 20.1. The van der Waals surface area contributed by atoms with Crippen LogP contribution in [0, 0.1) is 22.7 Å². The molecule has 4 atom stereocenters. The van der Waals surface area contributed by atoms with Gasteiger partial charge >= 0.3 is 11.9 Å². The number of hydrogen-bond donors (Lipinski definition) is 0. The summed E-state index contributed by atoms with van der Waals surface area (Å²) in [6.45, 7) is 18.5. The summed E-state index contributed by atoms with van der Waals surface area (Å²) in [4.78, 5) is 23.7. The largest absolute Gasteiger partial charge is 0.466 e.